The van der Waals surface area contributed by atoms with Gasteiger partial charge in [0.1, 0.15) is 11.5 Å². The molecule has 13 heavy (non-hydrogen) atoms. The van der Waals surface area contributed by atoms with Crippen LogP contribution in [-0.2, 0) is 0 Å². The second-order valence-corrected chi connectivity index (χ2v) is 2.87. The van der Waals surface area contributed by atoms with E-state index in [1.54, 1.807) is 0 Å². The normalized spacial score (nSPS) is 10.6. The van der Waals surface area contributed by atoms with Crippen LogP contribution in [0.4, 0.5) is 5.95 Å². The number of hydrogen-bond donors (Lipinski definition) is 2. The molecule has 68 valence electrons. The number of aromatic nitrogens is 3. The Morgan fingerprint density at radius 2 is 2.23 bits per heavy atom. The van der Waals surface area contributed by atoms with Crippen molar-refractivity contribution < 1.29 is 4.42 Å². The average Bonchev–Trinajstić information content (AvgIpc) is 2.58. The van der Waals surface area contributed by atoms with Gasteiger partial charge in [-0.25, -0.2) is 0 Å². The van der Waals surface area contributed by atoms with Crippen LogP contribution < -0.4 is 5.73 Å². The lowest BCUT2D eigenvalue weighted by Gasteiger charge is -1.89. The van der Waals surface area contributed by atoms with Gasteiger partial charge in [-0.15, -0.1) is 5.10 Å². The van der Waals surface area contributed by atoms with Crippen molar-refractivity contribution in [2.45, 2.75) is 13.8 Å². The maximum absolute atomic E-state index is 5.39. The molecule has 0 amide bonds. The van der Waals surface area contributed by atoms with Crippen LogP contribution in [0.5, 0.6) is 0 Å². The van der Waals surface area contributed by atoms with E-state index in [9.17, 15) is 0 Å². The zero-order valence-electron chi connectivity index (χ0n) is 7.46. The molecule has 2 aromatic heterocycles. The second kappa shape index (κ2) is 2.62. The molecule has 0 aliphatic carbocycles. The largest absolute Gasteiger partial charge is 0.466 e. The molecule has 0 radical (unpaired) electrons. The number of anilines is 1. The lowest BCUT2D eigenvalue weighted by atomic mass is 10.2. The molecule has 2 heterocycles. The Kier molecular flexibility index (Phi) is 1.58. The number of H-pyrrole nitrogens is 1. The van der Waals surface area contributed by atoms with E-state index in [0.717, 1.165) is 17.1 Å². The number of hydrogen-bond acceptors (Lipinski definition) is 4. The number of nitrogens with one attached hydrogen (secondary N) is 1. The number of nitrogens with zero attached hydrogens (tertiary/aromatic N) is 2. The minimum atomic E-state index is 0.244. The van der Waals surface area contributed by atoms with Crippen molar-refractivity contribution in [3.05, 3.63) is 17.6 Å². The topological polar surface area (TPSA) is 80.7 Å². The summed E-state index contributed by atoms with van der Waals surface area (Å²) in [6.07, 6.45) is 0. The molecular formula is C8H10N4O. The van der Waals surface area contributed by atoms with Crippen molar-refractivity contribution in [3.63, 3.8) is 0 Å². The van der Waals surface area contributed by atoms with E-state index in [4.69, 9.17) is 10.2 Å². The first-order valence-corrected chi connectivity index (χ1v) is 3.92. The smallest absolute Gasteiger partial charge is 0.239 e. The van der Waals surface area contributed by atoms with Crippen LogP contribution in [-0.4, -0.2) is 15.2 Å². The zero-order valence-corrected chi connectivity index (χ0v) is 7.46. The maximum atomic E-state index is 5.39. The summed E-state index contributed by atoms with van der Waals surface area (Å²) in [5, 5.41) is 6.47. The van der Waals surface area contributed by atoms with Crippen LogP contribution in [0, 0.1) is 13.8 Å². The second-order valence-electron chi connectivity index (χ2n) is 2.87. The third kappa shape index (κ3) is 1.28. The minimum Gasteiger partial charge on any atom is -0.466 e. The van der Waals surface area contributed by atoms with Crippen molar-refractivity contribution >= 4 is 5.95 Å². The van der Waals surface area contributed by atoms with Gasteiger partial charge in [0.25, 0.3) is 0 Å². The van der Waals surface area contributed by atoms with E-state index >= 15 is 0 Å². The highest BCUT2D eigenvalue weighted by atomic mass is 16.3. The highest BCUT2D eigenvalue weighted by molar-refractivity contribution is 5.58. The van der Waals surface area contributed by atoms with Gasteiger partial charge in [-0.1, -0.05) is 0 Å². The predicted molar refractivity (Wildman–Crippen MR) is 48.0 cm³/mol. The van der Waals surface area contributed by atoms with E-state index in [1.165, 1.54) is 0 Å². The van der Waals surface area contributed by atoms with Crippen LogP contribution in [0.1, 0.15) is 11.5 Å². The molecule has 0 bridgehead atoms. The first kappa shape index (κ1) is 7.85. The fourth-order valence-corrected chi connectivity index (χ4v) is 1.26. The quantitative estimate of drug-likeness (QED) is 0.688. The molecule has 3 N–H and O–H groups in total. The van der Waals surface area contributed by atoms with Crippen molar-refractivity contribution in [2.24, 2.45) is 0 Å². The van der Waals surface area contributed by atoms with Crippen LogP contribution in [0.2, 0.25) is 0 Å². The molecule has 0 saturated heterocycles. The van der Waals surface area contributed by atoms with E-state index in [-0.39, 0.29) is 5.95 Å². The van der Waals surface area contributed by atoms with Gasteiger partial charge in [-0.05, 0) is 19.9 Å². The summed E-state index contributed by atoms with van der Waals surface area (Å²) in [6, 6.07) is 1.90. The van der Waals surface area contributed by atoms with Crippen molar-refractivity contribution in [3.8, 4) is 11.4 Å². The molecule has 0 fully saturated rings. The highest BCUT2D eigenvalue weighted by Gasteiger charge is 2.10. The molecule has 5 heteroatoms. The van der Waals surface area contributed by atoms with Gasteiger partial charge in [-0.2, -0.15) is 4.98 Å². The maximum Gasteiger partial charge on any atom is 0.239 e. The van der Waals surface area contributed by atoms with Crippen LogP contribution in [0.3, 0.4) is 0 Å². The summed E-state index contributed by atoms with van der Waals surface area (Å²) in [5.74, 6) is 2.55. The van der Waals surface area contributed by atoms with E-state index in [2.05, 4.69) is 15.2 Å². The first-order valence-electron chi connectivity index (χ1n) is 3.92. The van der Waals surface area contributed by atoms with Gasteiger partial charge >= 0.3 is 0 Å². The Balaban J connectivity index is 2.51. The molecule has 0 aliphatic rings. The molecule has 0 spiro atoms. The Hall–Kier alpha value is -1.78. The molecule has 5 nitrogen and oxygen atoms in total. The molecule has 0 aromatic carbocycles. The number of rotatable bonds is 1. The minimum absolute atomic E-state index is 0.244. The number of nitrogens with two attached hydrogens (primary N) is 1. The summed E-state index contributed by atoms with van der Waals surface area (Å²) < 4.78 is 5.35. The third-order valence-corrected chi connectivity index (χ3v) is 1.80. The van der Waals surface area contributed by atoms with Crippen molar-refractivity contribution in [1.82, 2.24) is 15.2 Å². The number of furan rings is 1. The monoisotopic (exact) mass is 178 g/mol. The predicted octanol–water partition coefficient (Wildman–Crippen LogP) is 1.26. The zero-order chi connectivity index (χ0) is 9.42. The van der Waals surface area contributed by atoms with Gasteiger partial charge in [0.05, 0.1) is 5.56 Å². The average molecular weight is 178 g/mol. The summed E-state index contributed by atoms with van der Waals surface area (Å²) >= 11 is 0. The SMILES string of the molecule is Cc1cc(-c2nc(N)n[nH]2)c(C)o1. The Bertz CT molecular complexity index is 429. The van der Waals surface area contributed by atoms with Gasteiger partial charge in [0, 0.05) is 0 Å². The number of nitrogen functional groups attached to an aromatic ring is 1. The number of aryl methyl sites for hydroxylation is 2. The molecule has 0 saturated carbocycles. The lowest BCUT2D eigenvalue weighted by molar-refractivity contribution is 0.505. The Morgan fingerprint density at radius 1 is 1.46 bits per heavy atom. The van der Waals surface area contributed by atoms with Gasteiger partial charge < -0.3 is 10.2 Å². The van der Waals surface area contributed by atoms with Gasteiger partial charge in [0.15, 0.2) is 5.82 Å². The summed E-state index contributed by atoms with van der Waals surface area (Å²) in [4.78, 5) is 4.01. The van der Waals surface area contributed by atoms with Gasteiger partial charge in [0.2, 0.25) is 5.95 Å². The number of aromatic amines is 1. The summed E-state index contributed by atoms with van der Waals surface area (Å²) in [7, 11) is 0. The van der Waals surface area contributed by atoms with E-state index in [1.807, 2.05) is 19.9 Å². The molecule has 0 aliphatic heterocycles. The summed E-state index contributed by atoms with van der Waals surface area (Å²) in [6.45, 7) is 3.76. The highest BCUT2D eigenvalue weighted by Crippen LogP contribution is 2.23. The van der Waals surface area contributed by atoms with Crippen molar-refractivity contribution in [2.75, 3.05) is 5.73 Å². The van der Waals surface area contributed by atoms with Gasteiger partial charge in [-0.3, -0.25) is 5.10 Å². The lowest BCUT2D eigenvalue weighted by Crippen LogP contribution is -1.85. The third-order valence-electron chi connectivity index (χ3n) is 1.80. The Morgan fingerprint density at radius 3 is 2.69 bits per heavy atom. The van der Waals surface area contributed by atoms with Crippen LogP contribution >= 0.6 is 0 Å². The summed E-state index contributed by atoms with van der Waals surface area (Å²) in [5.41, 5.74) is 6.29. The van der Waals surface area contributed by atoms with Crippen LogP contribution in [0.15, 0.2) is 10.5 Å². The standard InChI is InChI=1S/C8H10N4O/c1-4-3-6(5(2)13-4)7-10-8(9)12-11-7/h3H,1-2H3,(H3,9,10,11,12). The van der Waals surface area contributed by atoms with Crippen LogP contribution in [0.25, 0.3) is 11.4 Å². The molecular weight excluding hydrogens is 168 g/mol. The fourth-order valence-electron chi connectivity index (χ4n) is 1.26. The molecule has 0 unspecified atom stereocenters. The van der Waals surface area contributed by atoms with E-state index < -0.39 is 0 Å². The molecule has 2 aromatic rings. The molecule has 2 rings (SSSR count). The fraction of sp³-hybridized carbons (Fsp3) is 0.250. The van der Waals surface area contributed by atoms with Crippen molar-refractivity contribution in [1.29, 1.82) is 0 Å². The molecule has 0 atom stereocenters. The first-order chi connectivity index (χ1) is 6.16. The Labute approximate surface area is 75.0 Å². The van der Waals surface area contributed by atoms with E-state index in [0.29, 0.717) is 5.82 Å².